The van der Waals surface area contributed by atoms with E-state index < -0.39 is 0 Å². The highest BCUT2D eigenvalue weighted by molar-refractivity contribution is 8.93. The van der Waals surface area contributed by atoms with Crippen molar-refractivity contribution in [1.29, 1.82) is 0 Å². The molecule has 0 radical (unpaired) electrons. The van der Waals surface area contributed by atoms with E-state index in [1.807, 2.05) is 0 Å². The van der Waals surface area contributed by atoms with Crippen molar-refractivity contribution in [3.05, 3.63) is 5.21 Å². The van der Waals surface area contributed by atoms with E-state index in [4.69, 9.17) is 0 Å². The molecule has 1 aliphatic heterocycles. The SMILES string of the molecule is Br.C[N+]1([O-])CCNCC1. The first-order chi connectivity index (χ1) is 3.71. The minimum atomic E-state index is -0.0625. The molecule has 0 saturated carbocycles. The number of hydrogen-bond donors (Lipinski definition) is 1. The summed E-state index contributed by atoms with van der Waals surface area (Å²) in [4.78, 5) is 0. The first kappa shape index (κ1) is 9.36. The second kappa shape index (κ2) is 3.51. The Morgan fingerprint density at radius 3 is 2.00 bits per heavy atom. The van der Waals surface area contributed by atoms with Crippen LogP contribution in [0.5, 0.6) is 0 Å². The van der Waals surface area contributed by atoms with E-state index in [0.29, 0.717) is 0 Å². The number of rotatable bonds is 0. The molecule has 56 valence electrons. The summed E-state index contributed by atoms with van der Waals surface area (Å²) >= 11 is 0. The quantitative estimate of drug-likeness (QED) is 0.442. The van der Waals surface area contributed by atoms with Gasteiger partial charge in [-0.3, -0.25) is 0 Å². The number of nitrogens with one attached hydrogen (secondary N) is 1. The smallest absolute Gasteiger partial charge is 0.0909 e. The summed E-state index contributed by atoms with van der Waals surface area (Å²) in [7, 11) is 1.72. The van der Waals surface area contributed by atoms with E-state index in [2.05, 4.69) is 5.32 Å². The first-order valence-electron chi connectivity index (χ1n) is 2.97. The Hall–Kier alpha value is 0.360. The largest absolute Gasteiger partial charge is 0.633 e. The lowest BCUT2D eigenvalue weighted by Gasteiger charge is -2.41. The molecule has 0 bridgehead atoms. The highest BCUT2D eigenvalue weighted by atomic mass is 79.9. The number of nitrogens with zero attached hydrogens (tertiary/aromatic N) is 1. The van der Waals surface area contributed by atoms with Gasteiger partial charge in [0.1, 0.15) is 0 Å². The lowest BCUT2D eigenvalue weighted by Crippen LogP contribution is -2.51. The molecule has 1 aliphatic rings. The van der Waals surface area contributed by atoms with Crippen LogP contribution in [0, 0.1) is 5.21 Å². The summed E-state index contributed by atoms with van der Waals surface area (Å²) in [5, 5.41) is 14.1. The molecule has 3 nitrogen and oxygen atoms in total. The zero-order chi connectivity index (χ0) is 6.04. The highest BCUT2D eigenvalue weighted by Crippen LogP contribution is 1.98. The number of halogens is 1. The van der Waals surface area contributed by atoms with Crippen LogP contribution >= 0.6 is 17.0 Å². The summed E-state index contributed by atoms with van der Waals surface area (Å²) in [5.41, 5.74) is 0. The summed E-state index contributed by atoms with van der Waals surface area (Å²) in [6.07, 6.45) is 0. The predicted molar refractivity (Wildman–Crippen MR) is 42.5 cm³/mol. The number of quaternary nitrogens is 1. The molecule has 1 rings (SSSR count). The second-order valence-corrected chi connectivity index (χ2v) is 2.49. The van der Waals surface area contributed by atoms with Crippen molar-refractivity contribution < 1.29 is 4.65 Å². The van der Waals surface area contributed by atoms with Crippen LogP contribution in [0.3, 0.4) is 0 Å². The van der Waals surface area contributed by atoms with Gasteiger partial charge in [-0.15, -0.1) is 17.0 Å². The van der Waals surface area contributed by atoms with E-state index in [0.717, 1.165) is 26.2 Å². The monoisotopic (exact) mass is 196 g/mol. The maximum atomic E-state index is 11.0. The van der Waals surface area contributed by atoms with Gasteiger partial charge >= 0.3 is 0 Å². The van der Waals surface area contributed by atoms with Crippen LogP contribution in [0.15, 0.2) is 0 Å². The van der Waals surface area contributed by atoms with Gasteiger partial charge in [-0.25, -0.2) is 0 Å². The highest BCUT2D eigenvalue weighted by Gasteiger charge is 2.12. The first-order valence-corrected chi connectivity index (χ1v) is 2.97. The van der Waals surface area contributed by atoms with Crippen LogP contribution in [0.1, 0.15) is 0 Å². The van der Waals surface area contributed by atoms with Crippen LogP contribution in [0.2, 0.25) is 0 Å². The van der Waals surface area contributed by atoms with Crippen molar-refractivity contribution in [2.75, 3.05) is 33.2 Å². The zero-order valence-corrected chi connectivity index (χ0v) is 7.31. The second-order valence-electron chi connectivity index (χ2n) is 2.49. The molecular formula is C5H13BrN2O. The predicted octanol–water partition coefficient (Wildman–Crippen LogP) is 0.112. The summed E-state index contributed by atoms with van der Waals surface area (Å²) in [6.45, 7) is 3.19. The molecule has 1 heterocycles. The van der Waals surface area contributed by atoms with Crippen molar-refractivity contribution in [2.24, 2.45) is 0 Å². The van der Waals surface area contributed by atoms with Crippen molar-refractivity contribution in [2.45, 2.75) is 0 Å². The third kappa shape index (κ3) is 3.15. The van der Waals surface area contributed by atoms with E-state index in [1.165, 1.54) is 0 Å². The van der Waals surface area contributed by atoms with Gasteiger partial charge in [0.25, 0.3) is 0 Å². The molecule has 0 aliphatic carbocycles. The average molecular weight is 197 g/mol. The lowest BCUT2D eigenvalue weighted by atomic mass is 10.4. The fraction of sp³-hybridized carbons (Fsp3) is 1.00. The van der Waals surface area contributed by atoms with Crippen molar-refractivity contribution in [1.82, 2.24) is 5.32 Å². The number of hydrogen-bond acceptors (Lipinski definition) is 2. The van der Waals surface area contributed by atoms with Gasteiger partial charge < -0.3 is 15.2 Å². The number of hydroxylamine groups is 3. The third-order valence-corrected chi connectivity index (χ3v) is 1.52. The Morgan fingerprint density at radius 1 is 1.33 bits per heavy atom. The molecule has 1 fully saturated rings. The Kier molecular flexibility index (Phi) is 3.65. The fourth-order valence-corrected chi connectivity index (χ4v) is 0.868. The van der Waals surface area contributed by atoms with Crippen molar-refractivity contribution >= 4 is 17.0 Å². The summed E-state index contributed by atoms with van der Waals surface area (Å²) in [6, 6.07) is 0. The third-order valence-electron chi connectivity index (χ3n) is 1.52. The molecule has 0 atom stereocenters. The minimum Gasteiger partial charge on any atom is -0.633 e. The van der Waals surface area contributed by atoms with Crippen LogP contribution in [0.4, 0.5) is 0 Å². The molecule has 0 aromatic heterocycles. The number of piperazine rings is 1. The maximum absolute atomic E-state index is 11.0. The van der Waals surface area contributed by atoms with Gasteiger partial charge in [0.05, 0.1) is 20.1 Å². The zero-order valence-electron chi connectivity index (χ0n) is 5.59. The standard InChI is InChI=1S/C5H12N2O.BrH/c1-7(8)4-2-6-3-5-7;/h6H,2-5H2,1H3;1H. The molecule has 1 saturated heterocycles. The van der Waals surface area contributed by atoms with Crippen molar-refractivity contribution in [3.8, 4) is 0 Å². The van der Waals surface area contributed by atoms with Gasteiger partial charge in [0, 0.05) is 13.1 Å². The molecule has 0 aromatic rings. The van der Waals surface area contributed by atoms with Gasteiger partial charge in [0.2, 0.25) is 0 Å². The Bertz CT molecular complexity index is 79.0. The van der Waals surface area contributed by atoms with Gasteiger partial charge in [0.15, 0.2) is 0 Å². The molecule has 0 spiro atoms. The number of likely N-dealkylation sites (N-methyl/N-ethyl adjacent to an activating group) is 1. The van der Waals surface area contributed by atoms with Crippen LogP contribution < -0.4 is 5.32 Å². The van der Waals surface area contributed by atoms with E-state index >= 15 is 0 Å². The van der Waals surface area contributed by atoms with Crippen LogP contribution in [-0.2, 0) is 0 Å². The Labute approximate surface area is 66.0 Å². The maximum Gasteiger partial charge on any atom is 0.0909 e. The molecule has 9 heavy (non-hydrogen) atoms. The summed E-state index contributed by atoms with van der Waals surface area (Å²) < 4.78 is -0.0625. The normalized spacial score (nSPS) is 24.7. The van der Waals surface area contributed by atoms with E-state index in [1.54, 1.807) is 7.05 Å². The van der Waals surface area contributed by atoms with Crippen molar-refractivity contribution in [3.63, 3.8) is 0 Å². The molecule has 0 amide bonds. The average Bonchev–Trinajstić information content (AvgIpc) is 1.65. The van der Waals surface area contributed by atoms with Gasteiger partial charge in [-0.2, -0.15) is 0 Å². The summed E-state index contributed by atoms with van der Waals surface area (Å²) in [5.74, 6) is 0. The van der Waals surface area contributed by atoms with Gasteiger partial charge in [-0.05, 0) is 0 Å². The Balaban J connectivity index is 0.000000640. The van der Waals surface area contributed by atoms with Crippen LogP contribution in [0.25, 0.3) is 0 Å². The fourth-order valence-electron chi connectivity index (χ4n) is 0.868. The molecule has 1 N–H and O–H groups in total. The van der Waals surface area contributed by atoms with Gasteiger partial charge in [-0.1, -0.05) is 0 Å². The molecule has 0 unspecified atom stereocenters. The van der Waals surface area contributed by atoms with Crippen LogP contribution in [-0.4, -0.2) is 37.9 Å². The van der Waals surface area contributed by atoms with E-state index in [9.17, 15) is 5.21 Å². The molecule has 4 heteroatoms. The lowest BCUT2D eigenvalue weighted by molar-refractivity contribution is -0.862. The topological polar surface area (TPSA) is 35.1 Å². The minimum absolute atomic E-state index is 0. The molecule has 0 aromatic carbocycles. The van der Waals surface area contributed by atoms with E-state index in [-0.39, 0.29) is 21.6 Å². The molecular weight excluding hydrogens is 184 g/mol. The Morgan fingerprint density at radius 2 is 1.78 bits per heavy atom.